The molecule has 2 saturated carbocycles. The molecule has 148 valence electrons. The van der Waals surface area contributed by atoms with Crippen LogP contribution in [0.5, 0.6) is 0 Å². The molecule has 0 spiro atoms. The summed E-state index contributed by atoms with van der Waals surface area (Å²) in [6, 6.07) is 8.53. The second kappa shape index (κ2) is 6.96. The van der Waals surface area contributed by atoms with Crippen LogP contribution in [0.1, 0.15) is 70.4 Å². The van der Waals surface area contributed by atoms with E-state index in [9.17, 15) is 9.59 Å². The van der Waals surface area contributed by atoms with E-state index in [4.69, 9.17) is 0 Å². The number of carbonyl (C=O) groups is 2. The molecular formula is C23H34N2O2. The second-order valence-corrected chi connectivity index (χ2v) is 9.78. The maximum atomic E-state index is 13.1. The SMILES string of the molecule is CN(C)C(=O)C1(CNC(=O)C2(c3ccc(C(C)(C)C)cc3)CC2)CCCC1. The third-order valence-corrected chi connectivity index (χ3v) is 6.50. The van der Waals surface area contributed by atoms with Crippen LogP contribution in [-0.2, 0) is 20.4 Å². The van der Waals surface area contributed by atoms with Gasteiger partial charge in [-0.2, -0.15) is 0 Å². The molecule has 0 aliphatic heterocycles. The lowest BCUT2D eigenvalue weighted by Crippen LogP contribution is -2.48. The summed E-state index contributed by atoms with van der Waals surface area (Å²) < 4.78 is 0. The van der Waals surface area contributed by atoms with Crippen molar-refractivity contribution in [1.29, 1.82) is 0 Å². The molecule has 0 atom stereocenters. The van der Waals surface area contributed by atoms with Crippen LogP contribution in [0.15, 0.2) is 24.3 Å². The van der Waals surface area contributed by atoms with Gasteiger partial charge < -0.3 is 10.2 Å². The van der Waals surface area contributed by atoms with Crippen molar-refractivity contribution in [2.75, 3.05) is 20.6 Å². The van der Waals surface area contributed by atoms with Gasteiger partial charge in [0.25, 0.3) is 0 Å². The molecule has 2 aliphatic rings. The number of amides is 2. The van der Waals surface area contributed by atoms with E-state index in [1.54, 1.807) is 4.90 Å². The van der Waals surface area contributed by atoms with Crippen LogP contribution < -0.4 is 5.32 Å². The lowest BCUT2D eigenvalue weighted by molar-refractivity contribution is -0.139. The van der Waals surface area contributed by atoms with Crippen LogP contribution >= 0.6 is 0 Å². The first-order valence-corrected chi connectivity index (χ1v) is 10.2. The fourth-order valence-corrected chi connectivity index (χ4v) is 4.47. The minimum absolute atomic E-state index is 0.0869. The van der Waals surface area contributed by atoms with Gasteiger partial charge in [-0.25, -0.2) is 0 Å². The molecule has 0 unspecified atom stereocenters. The molecular weight excluding hydrogens is 336 g/mol. The number of rotatable bonds is 5. The van der Waals surface area contributed by atoms with Gasteiger partial charge in [0.05, 0.1) is 10.8 Å². The number of nitrogens with zero attached hydrogens (tertiary/aromatic N) is 1. The molecule has 1 aromatic rings. The Bertz CT molecular complexity index is 703. The van der Waals surface area contributed by atoms with E-state index in [0.29, 0.717) is 6.54 Å². The number of nitrogens with one attached hydrogen (secondary N) is 1. The van der Waals surface area contributed by atoms with Crippen LogP contribution in [0.4, 0.5) is 0 Å². The molecule has 4 nitrogen and oxygen atoms in total. The zero-order valence-corrected chi connectivity index (χ0v) is 17.5. The van der Waals surface area contributed by atoms with Crippen molar-refractivity contribution >= 4 is 11.8 Å². The van der Waals surface area contributed by atoms with Crippen molar-refractivity contribution in [2.45, 2.75) is 70.1 Å². The minimum atomic E-state index is -0.411. The van der Waals surface area contributed by atoms with Crippen LogP contribution in [-0.4, -0.2) is 37.4 Å². The molecule has 2 fully saturated rings. The molecule has 0 aromatic heterocycles. The Hall–Kier alpha value is -1.84. The van der Waals surface area contributed by atoms with E-state index >= 15 is 0 Å². The Morgan fingerprint density at radius 2 is 1.56 bits per heavy atom. The highest BCUT2D eigenvalue weighted by atomic mass is 16.2. The van der Waals surface area contributed by atoms with Gasteiger partial charge in [-0.15, -0.1) is 0 Å². The topological polar surface area (TPSA) is 49.4 Å². The average Bonchev–Trinajstić information content (AvgIpc) is 3.30. The molecule has 4 heteroatoms. The molecule has 0 radical (unpaired) electrons. The maximum absolute atomic E-state index is 13.1. The lowest BCUT2D eigenvalue weighted by atomic mass is 9.83. The van der Waals surface area contributed by atoms with Gasteiger partial charge in [-0.1, -0.05) is 57.9 Å². The smallest absolute Gasteiger partial charge is 0.230 e. The number of carbonyl (C=O) groups excluding carboxylic acids is 2. The van der Waals surface area contributed by atoms with E-state index < -0.39 is 10.8 Å². The normalized spacial score (nSPS) is 20.2. The number of hydrogen-bond donors (Lipinski definition) is 1. The summed E-state index contributed by atoms with van der Waals surface area (Å²) in [5, 5.41) is 3.16. The van der Waals surface area contributed by atoms with Crippen LogP contribution in [0.2, 0.25) is 0 Å². The highest BCUT2D eigenvalue weighted by molar-refractivity contribution is 5.92. The predicted molar refractivity (Wildman–Crippen MR) is 109 cm³/mol. The Morgan fingerprint density at radius 1 is 1.00 bits per heavy atom. The monoisotopic (exact) mass is 370 g/mol. The first kappa shape index (κ1) is 19.9. The van der Waals surface area contributed by atoms with Crippen molar-refractivity contribution in [3.05, 3.63) is 35.4 Å². The summed E-state index contributed by atoms with van der Waals surface area (Å²) in [5.41, 5.74) is 1.69. The number of benzene rings is 1. The minimum Gasteiger partial charge on any atom is -0.354 e. The summed E-state index contributed by atoms with van der Waals surface area (Å²) in [4.78, 5) is 27.5. The van der Waals surface area contributed by atoms with Gasteiger partial charge >= 0.3 is 0 Å². The fourth-order valence-electron chi connectivity index (χ4n) is 4.47. The zero-order valence-electron chi connectivity index (χ0n) is 17.5. The van der Waals surface area contributed by atoms with E-state index in [0.717, 1.165) is 44.1 Å². The third kappa shape index (κ3) is 3.76. The largest absolute Gasteiger partial charge is 0.354 e. The van der Waals surface area contributed by atoms with E-state index in [1.165, 1.54) is 5.56 Å². The summed E-state index contributed by atoms with van der Waals surface area (Å²) in [6.45, 7) is 7.06. The predicted octanol–water partition coefficient (Wildman–Crippen LogP) is 3.78. The zero-order chi connectivity index (χ0) is 19.9. The second-order valence-electron chi connectivity index (χ2n) is 9.78. The summed E-state index contributed by atoms with van der Waals surface area (Å²) >= 11 is 0. The van der Waals surface area contributed by atoms with E-state index in [2.05, 4.69) is 50.4 Å². The van der Waals surface area contributed by atoms with Gasteiger partial charge in [-0.05, 0) is 42.2 Å². The summed E-state index contributed by atoms with van der Waals surface area (Å²) in [5.74, 6) is 0.239. The van der Waals surface area contributed by atoms with Crippen molar-refractivity contribution in [1.82, 2.24) is 10.2 Å². The third-order valence-electron chi connectivity index (χ3n) is 6.50. The molecule has 0 bridgehead atoms. The molecule has 2 amide bonds. The van der Waals surface area contributed by atoms with Crippen molar-refractivity contribution < 1.29 is 9.59 Å². The quantitative estimate of drug-likeness (QED) is 0.857. The van der Waals surface area contributed by atoms with Gasteiger partial charge in [0.2, 0.25) is 11.8 Å². The Kier molecular flexibility index (Phi) is 5.13. The van der Waals surface area contributed by atoms with E-state index in [1.807, 2.05) is 14.1 Å². The molecule has 2 aliphatic carbocycles. The Morgan fingerprint density at radius 3 is 2.00 bits per heavy atom. The van der Waals surface area contributed by atoms with Gasteiger partial charge in [0.15, 0.2) is 0 Å². The van der Waals surface area contributed by atoms with E-state index in [-0.39, 0.29) is 17.2 Å². The standard InChI is InChI=1S/C23H34N2O2/c1-21(2,3)17-8-10-18(11-9-17)23(14-15-23)19(26)24-16-22(12-6-7-13-22)20(27)25(4)5/h8-11H,6-7,12-16H2,1-5H3,(H,24,26). The molecule has 3 rings (SSSR count). The highest BCUT2D eigenvalue weighted by Gasteiger charge is 2.52. The van der Waals surface area contributed by atoms with Gasteiger partial charge in [0, 0.05) is 20.6 Å². The average molecular weight is 371 g/mol. The summed E-state index contributed by atoms with van der Waals surface area (Å²) in [6.07, 6.45) is 5.66. The number of hydrogen-bond acceptors (Lipinski definition) is 2. The molecule has 1 aromatic carbocycles. The van der Waals surface area contributed by atoms with Gasteiger partial charge in [0.1, 0.15) is 0 Å². The molecule has 0 heterocycles. The fraction of sp³-hybridized carbons (Fsp3) is 0.652. The van der Waals surface area contributed by atoms with Crippen molar-refractivity contribution in [3.63, 3.8) is 0 Å². The van der Waals surface area contributed by atoms with Crippen molar-refractivity contribution in [2.24, 2.45) is 5.41 Å². The molecule has 27 heavy (non-hydrogen) atoms. The molecule has 0 saturated heterocycles. The lowest BCUT2D eigenvalue weighted by Gasteiger charge is -2.31. The summed E-state index contributed by atoms with van der Waals surface area (Å²) in [7, 11) is 3.62. The van der Waals surface area contributed by atoms with Crippen LogP contribution in [0.3, 0.4) is 0 Å². The first-order chi connectivity index (χ1) is 12.6. The first-order valence-electron chi connectivity index (χ1n) is 10.2. The van der Waals surface area contributed by atoms with Gasteiger partial charge in [-0.3, -0.25) is 9.59 Å². The van der Waals surface area contributed by atoms with Crippen molar-refractivity contribution in [3.8, 4) is 0 Å². The van der Waals surface area contributed by atoms with Crippen LogP contribution in [0.25, 0.3) is 0 Å². The van der Waals surface area contributed by atoms with Crippen LogP contribution in [0, 0.1) is 5.41 Å². The maximum Gasteiger partial charge on any atom is 0.230 e. The Balaban J connectivity index is 1.71. The Labute approximate surface area is 163 Å². The highest BCUT2D eigenvalue weighted by Crippen LogP contribution is 2.49. The molecule has 1 N–H and O–H groups in total.